The molecule has 0 fully saturated rings. The number of hydrogen-bond acceptors (Lipinski definition) is 4. The van der Waals surface area contributed by atoms with Gasteiger partial charge in [-0.3, -0.25) is 4.79 Å². The van der Waals surface area contributed by atoms with Crippen molar-refractivity contribution in [3.63, 3.8) is 0 Å². The molecule has 0 aromatic carbocycles. The number of nitrogens with zero attached hydrogens (tertiary/aromatic N) is 1. The molecule has 0 atom stereocenters. The van der Waals surface area contributed by atoms with E-state index >= 15 is 0 Å². The molecule has 0 unspecified atom stereocenters. The van der Waals surface area contributed by atoms with Crippen LogP contribution in [0.15, 0.2) is 11.8 Å². The number of carbonyl (C=O) groups excluding carboxylic acids is 1. The van der Waals surface area contributed by atoms with Crippen molar-refractivity contribution < 1.29 is 4.79 Å². The first-order valence-electron chi connectivity index (χ1n) is 7.83. The van der Waals surface area contributed by atoms with Crippen LogP contribution in [0.2, 0.25) is 0 Å². The number of nitrogens with one attached hydrogen (secondary N) is 1. The van der Waals surface area contributed by atoms with Crippen LogP contribution in [0.4, 0.5) is 5.00 Å². The van der Waals surface area contributed by atoms with Crippen molar-refractivity contribution in [3.8, 4) is 6.07 Å². The number of thiophene rings is 1. The van der Waals surface area contributed by atoms with Gasteiger partial charge in [-0.15, -0.1) is 11.3 Å². The van der Waals surface area contributed by atoms with Crippen LogP contribution in [0.25, 0.3) is 0 Å². The smallest absolute Gasteiger partial charge is 0.157 e. The van der Waals surface area contributed by atoms with Crippen molar-refractivity contribution in [1.29, 1.82) is 5.26 Å². The second-order valence-corrected chi connectivity index (χ2v) is 6.95. The quantitative estimate of drug-likeness (QED) is 0.884. The van der Waals surface area contributed by atoms with Gasteiger partial charge in [0.1, 0.15) is 11.1 Å². The zero-order valence-electron chi connectivity index (χ0n) is 12.2. The number of aryl methyl sites for hydroxylation is 1. The lowest BCUT2D eigenvalue weighted by atomic mass is 9.97. The molecule has 0 bridgehead atoms. The Morgan fingerprint density at radius 2 is 1.86 bits per heavy atom. The summed E-state index contributed by atoms with van der Waals surface area (Å²) in [5.74, 6) is 0.192. The lowest BCUT2D eigenvalue weighted by Crippen LogP contribution is -2.09. The van der Waals surface area contributed by atoms with Crippen LogP contribution in [0.5, 0.6) is 0 Å². The van der Waals surface area contributed by atoms with Crippen molar-refractivity contribution in [2.75, 3.05) is 5.32 Å². The second kappa shape index (κ2) is 6.44. The van der Waals surface area contributed by atoms with Crippen LogP contribution < -0.4 is 5.32 Å². The van der Waals surface area contributed by atoms with Gasteiger partial charge in [-0.1, -0.05) is 12.8 Å². The normalized spacial score (nSPS) is 19.0. The highest BCUT2D eigenvalue weighted by molar-refractivity contribution is 7.16. The van der Waals surface area contributed by atoms with Gasteiger partial charge in [0, 0.05) is 23.1 Å². The summed E-state index contributed by atoms with van der Waals surface area (Å²) in [6, 6.07) is 2.39. The van der Waals surface area contributed by atoms with Crippen molar-refractivity contribution in [2.24, 2.45) is 0 Å². The molecule has 2 aliphatic carbocycles. The molecule has 0 radical (unpaired) electrons. The Hall–Kier alpha value is -1.60. The molecule has 110 valence electrons. The highest BCUT2D eigenvalue weighted by Crippen LogP contribution is 2.37. The van der Waals surface area contributed by atoms with E-state index in [2.05, 4.69) is 11.4 Å². The lowest BCUT2D eigenvalue weighted by molar-refractivity contribution is -0.115. The van der Waals surface area contributed by atoms with E-state index in [0.717, 1.165) is 41.9 Å². The molecule has 1 N–H and O–H groups in total. The summed E-state index contributed by atoms with van der Waals surface area (Å²) in [6.45, 7) is 0. The van der Waals surface area contributed by atoms with E-state index in [4.69, 9.17) is 0 Å². The van der Waals surface area contributed by atoms with E-state index in [9.17, 15) is 10.1 Å². The van der Waals surface area contributed by atoms with Crippen LogP contribution in [0.3, 0.4) is 0 Å². The van der Waals surface area contributed by atoms with Gasteiger partial charge in [-0.2, -0.15) is 5.26 Å². The fourth-order valence-electron chi connectivity index (χ4n) is 3.16. The Labute approximate surface area is 129 Å². The molecule has 3 nitrogen and oxygen atoms in total. The summed E-state index contributed by atoms with van der Waals surface area (Å²) in [7, 11) is 0. The zero-order chi connectivity index (χ0) is 14.7. The Kier molecular flexibility index (Phi) is 4.40. The van der Waals surface area contributed by atoms with E-state index in [0.29, 0.717) is 6.42 Å². The second-order valence-electron chi connectivity index (χ2n) is 5.85. The van der Waals surface area contributed by atoms with Crippen LogP contribution >= 0.6 is 11.3 Å². The number of rotatable bonds is 2. The molecule has 1 aromatic heterocycles. The minimum atomic E-state index is 0.192. The molecule has 0 spiro atoms. The van der Waals surface area contributed by atoms with Gasteiger partial charge in [0.05, 0.1) is 5.56 Å². The molecule has 1 aromatic rings. The van der Waals surface area contributed by atoms with E-state index in [1.807, 2.05) is 0 Å². The maximum absolute atomic E-state index is 11.5. The number of allylic oxidation sites excluding steroid dienone is 2. The summed E-state index contributed by atoms with van der Waals surface area (Å²) in [4.78, 5) is 12.9. The van der Waals surface area contributed by atoms with Crippen molar-refractivity contribution in [1.82, 2.24) is 0 Å². The molecular weight excluding hydrogens is 280 g/mol. The summed E-state index contributed by atoms with van der Waals surface area (Å²) < 4.78 is 0. The van der Waals surface area contributed by atoms with Crippen LogP contribution in [-0.2, 0) is 17.6 Å². The summed E-state index contributed by atoms with van der Waals surface area (Å²) in [5.41, 5.74) is 3.04. The maximum Gasteiger partial charge on any atom is 0.157 e. The number of nitriles is 1. The standard InChI is InChI=1S/C17H20N2OS/c18-11-15-14-8-3-1-2-4-9-16(14)21-17(15)19-12-6-5-7-13(20)10-12/h10,19H,1-9H2. The Bertz CT molecular complexity index is 621. The lowest BCUT2D eigenvalue weighted by Gasteiger charge is -2.13. The van der Waals surface area contributed by atoms with Gasteiger partial charge in [0.25, 0.3) is 0 Å². The Balaban J connectivity index is 1.90. The maximum atomic E-state index is 11.5. The number of ketones is 1. The first kappa shape index (κ1) is 14.3. The van der Waals surface area contributed by atoms with Crippen LogP contribution in [-0.4, -0.2) is 5.78 Å². The van der Waals surface area contributed by atoms with Crippen LogP contribution in [0.1, 0.15) is 60.9 Å². The highest BCUT2D eigenvalue weighted by Gasteiger charge is 2.20. The molecule has 3 rings (SSSR count). The number of fused-ring (bicyclic) bond motifs is 1. The number of hydrogen-bond donors (Lipinski definition) is 1. The van der Waals surface area contributed by atoms with Crippen molar-refractivity contribution >= 4 is 22.1 Å². The summed E-state index contributed by atoms with van der Waals surface area (Å²) in [6.07, 6.45) is 11.2. The van der Waals surface area contributed by atoms with Gasteiger partial charge in [-0.05, 0) is 44.1 Å². The minimum Gasteiger partial charge on any atom is -0.349 e. The molecule has 0 aliphatic heterocycles. The van der Waals surface area contributed by atoms with Gasteiger partial charge in [0.15, 0.2) is 5.78 Å². The van der Waals surface area contributed by atoms with E-state index in [-0.39, 0.29) is 5.78 Å². The number of carbonyl (C=O) groups is 1. The van der Waals surface area contributed by atoms with Gasteiger partial charge in [-0.25, -0.2) is 0 Å². The molecule has 2 aliphatic rings. The van der Waals surface area contributed by atoms with Gasteiger partial charge >= 0.3 is 0 Å². The van der Waals surface area contributed by atoms with Gasteiger partial charge < -0.3 is 5.32 Å². The van der Waals surface area contributed by atoms with Gasteiger partial charge in [0.2, 0.25) is 0 Å². The molecule has 0 saturated heterocycles. The largest absolute Gasteiger partial charge is 0.349 e. The molecule has 1 heterocycles. The molecule has 0 amide bonds. The Morgan fingerprint density at radius 1 is 1.05 bits per heavy atom. The average molecular weight is 300 g/mol. The van der Waals surface area contributed by atoms with E-state index < -0.39 is 0 Å². The molecular formula is C17H20N2OS. The van der Waals surface area contributed by atoms with Crippen molar-refractivity contribution in [2.45, 2.75) is 57.8 Å². The third-order valence-corrected chi connectivity index (χ3v) is 5.47. The minimum absolute atomic E-state index is 0.192. The van der Waals surface area contributed by atoms with Crippen LogP contribution in [0, 0.1) is 11.3 Å². The van der Waals surface area contributed by atoms with E-state index in [1.54, 1.807) is 17.4 Å². The Morgan fingerprint density at radius 3 is 2.62 bits per heavy atom. The first-order valence-corrected chi connectivity index (χ1v) is 8.64. The summed E-state index contributed by atoms with van der Waals surface area (Å²) in [5, 5.41) is 13.9. The molecule has 0 saturated carbocycles. The molecule has 21 heavy (non-hydrogen) atoms. The van der Waals surface area contributed by atoms with Crippen molar-refractivity contribution in [3.05, 3.63) is 27.8 Å². The monoisotopic (exact) mass is 300 g/mol. The third kappa shape index (κ3) is 3.19. The topological polar surface area (TPSA) is 52.9 Å². The van der Waals surface area contributed by atoms with E-state index in [1.165, 1.54) is 36.1 Å². The fraction of sp³-hybridized carbons (Fsp3) is 0.529. The predicted molar refractivity (Wildman–Crippen MR) is 85.5 cm³/mol. The first-order chi connectivity index (χ1) is 10.3. The summed E-state index contributed by atoms with van der Waals surface area (Å²) >= 11 is 1.72. The predicted octanol–water partition coefficient (Wildman–Crippen LogP) is 4.33. The number of anilines is 1. The average Bonchev–Trinajstić information content (AvgIpc) is 2.75. The third-order valence-electron chi connectivity index (χ3n) is 4.26. The molecule has 4 heteroatoms. The highest BCUT2D eigenvalue weighted by atomic mass is 32.1. The SMILES string of the molecule is N#Cc1c(NC2=CC(=O)CCC2)sc2c1CCCCCC2. The zero-order valence-corrected chi connectivity index (χ0v) is 13.0. The fourth-order valence-corrected chi connectivity index (χ4v) is 4.44.